The maximum atomic E-state index is 11.2. The van der Waals surface area contributed by atoms with Gasteiger partial charge in [0, 0.05) is 11.4 Å². The number of piperidine rings is 1. The van der Waals surface area contributed by atoms with Gasteiger partial charge in [-0.05, 0) is 30.5 Å². The molecule has 1 aliphatic heterocycles. The first-order valence-electron chi connectivity index (χ1n) is 4.80. The molecule has 0 spiro atoms. The molecule has 3 heteroatoms. The van der Waals surface area contributed by atoms with Crippen molar-refractivity contribution in [2.45, 2.75) is 25.3 Å². The van der Waals surface area contributed by atoms with E-state index in [9.17, 15) is 4.79 Å². The van der Waals surface area contributed by atoms with Crippen molar-refractivity contribution in [2.24, 2.45) is 0 Å². The van der Waals surface area contributed by atoms with E-state index in [1.807, 2.05) is 24.3 Å². The van der Waals surface area contributed by atoms with Crippen molar-refractivity contribution in [1.29, 1.82) is 0 Å². The minimum atomic E-state index is 0.149. The summed E-state index contributed by atoms with van der Waals surface area (Å²) in [5.41, 5.74) is 1.14. The van der Waals surface area contributed by atoms with Gasteiger partial charge in [0.25, 0.3) is 0 Å². The number of carbonyl (C=O) groups excluding carboxylic acids is 1. The van der Waals surface area contributed by atoms with E-state index < -0.39 is 0 Å². The molecule has 1 fully saturated rings. The first-order chi connectivity index (χ1) is 6.75. The molecule has 0 saturated carbocycles. The first kappa shape index (κ1) is 9.53. The molecule has 1 aromatic rings. The van der Waals surface area contributed by atoms with Crippen molar-refractivity contribution >= 4 is 17.5 Å². The predicted octanol–water partition coefficient (Wildman–Crippen LogP) is 2.68. The Morgan fingerprint density at radius 1 is 1.29 bits per heavy atom. The monoisotopic (exact) mass is 209 g/mol. The second-order valence-corrected chi connectivity index (χ2v) is 4.00. The number of rotatable bonds is 1. The third kappa shape index (κ3) is 2.07. The molecular formula is C11H12ClNO. The molecule has 14 heavy (non-hydrogen) atoms. The fraction of sp³-hybridized carbons (Fsp3) is 0.364. The summed E-state index contributed by atoms with van der Waals surface area (Å²) in [5, 5.41) is 3.70. The minimum absolute atomic E-state index is 0.149. The summed E-state index contributed by atoms with van der Waals surface area (Å²) >= 11 is 5.79. The van der Waals surface area contributed by atoms with E-state index in [4.69, 9.17) is 11.6 Å². The summed E-state index contributed by atoms with van der Waals surface area (Å²) < 4.78 is 0. The van der Waals surface area contributed by atoms with Gasteiger partial charge in [-0.15, -0.1) is 0 Å². The third-order valence-electron chi connectivity index (χ3n) is 2.50. The maximum Gasteiger partial charge on any atom is 0.220 e. The number of hydrogen-bond donors (Lipinski definition) is 1. The largest absolute Gasteiger partial charge is 0.349 e. The van der Waals surface area contributed by atoms with Crippen LogP contribution in [0.5, 0.6) is 0 Å². The lowest BCUT2D eigenvalue weighted by atomic mass is 9.97. The van der Waals surface area contributed by atoms with E-state index in [-0.39, 0.29) is 11.9 Å². The Bertz CT molecular complexity index is 334. The van der Waals surface area contributed by atoms with Gasteiger partial charge in [-0.3, -0.25) is 4.79 Å². The molecule has 1 N–H and O–H groups in total. The predicted molar refractivity (Wildman–Crippen MR) is 56.2 cm³/mol. The highest BCUT2D eigenvalue weighted by atomic mass is 35.5. The summed E-state index contributed by atoms with van der Waals surface area (Å²) in [4.78, 5) is 11.2. The highest BCUT2D eigenvalue weighted by molar-refractivity contribution is 6.30. The average molecular weight is 210 g/mol. The van der Waals surface area contributed by atoms with Crippen molar-refractivity contribution in [1.82, 2.24) is 5.32 Å². The Labute approximate surface area is 88.3 Å². The molecule has 0 aliphatic carbocycles. The normalized spacial score (nSPS) is 21.8. The molecule has 1 saturated heterocycles. The maximum absolute atomic E-state index is 11.2. The molecule has 2 nitrogen and oxygen atoms in total. The van der Waals surface area contributed by atoms with Gasteiger partial charge in [0.15, 0.2) is 0 Å². The fourth-order valence-corrected chi connectivity index (χ4v) is 1.88. The number of benzene rings is 1. The highest BCUT2D eigenvalue weighted by Crippen LogP contribution is 2.24. The van der Waals surface area contributed by atoms with Crippen LogP contribution in [0.2, 0.25) is 5.02 Å². The fourth-order valence-electron chi connectivity index (χ4n) is 1.75. The van der Waals surface area contributed by atoms with Gasteiger partial charge in [-0.2, -0.15) is 0 Å². The average Bonchev–Trinajstić information content (AvgIpc) is 2.19. The number of halogens is 1. The Kier molecular flexibility index (Phi) is 2.73. The van der Waals surface area contributed by atoms with Gasteiger partial charge in [0.05, 0.1) is 6.04 Å². The zero-order chi connectivity index (χ0) is 9.97. The number of amides is 1. The molecule has 1 heterocycles. The van der Waals surface area contributed by atoms with E-state index >= 15 is 0 Å². The lowest BCUT2D eigenvalue weighted by molar-refractivity contribution is -0.123. The Balaban J connectivity index is 2.14. The van der Waals surface area contributed by atoms with Crippen LogP contribution >= 0.6 is 11.6 Å². The van der Waals surface area contributed by atoms with Gasteiger partial charge in [0.2, 0.25) is 5.91 Å². The van der Waals surface area contributed by atoms with Crippen LogP contribution < -0.4 is 5.32 Å². The molecule has 1 amide bonds. The summed E-state index contributed by atoms with van der Waals surface area (Å²) in [5.74, 6) is 0.149. The molecule has 1 aliphatic rings. The number of carbonyl (C=O) groups is 1. The minimum Gasteiger partial charge on any atom is -0.349 e. The summed E-state index contributed by atoms with van der Waals surface area (Å²) in [6.45, 7) is 0. The topological polar surface area (TPSA) is 29.1 Å². The molecule has 0 bridgehead atoms. The number of nitrogens with one attached hydrogen (secondary N) is 1. The van der Waals surface area contributed by atoms with E-state index in [2.05, 4.69) is 5.32 Å². The lowest BCUT2D eigenvalue weighted by Gasteiger charge is -2.23. The van der Waals surface area contributed by atoms with Crippen LogP contribution in [-0.4, -0.2) is 5.91 Å². The standard InChI is InChI=1S/C11H12ClNO/c12-9-6-4-8(5-7-9)10-2-1-3-11(14)13-10/h4-7,10H,1-3H2,(H,13,14)/t10-/m0/s1. The molecule has 0 aromatic heterocycles. The first-order valence-corrected chi connectivity index (χ1v) is 5.18. The van der Waals surface area contributed by atoms with Crippen LogP contribution in [0.3, 0.4) is 0 Å². The summed E-state index contributed by atoms with van der Waals surface area (Å²) in [7, 11) is 0. The van der Waals surface area contributed by atoms with Gasteiger partial charge in [0.1, 0.15) is 0 Å². The molecule has 1 aromatic carbocycles. The third-order valence-corrected chi connectivity index (χ3v) is 2.76. The van der Waals surface area contributed by atoms with Crippen LogP contribution in [-0.2, 0) is 4.79 Å². The van der Waals surface area contributed by atoms with Gasteiger partial charge >= 0.3 is 0 Å². The van der Waals surface area contributed by atoms with Crippen molar-refractivity contribution in [3.63, 3.8) is 0 Å². The van der Waals surface area contributed by atoms with Crippen LogP contribution in [0.25, 0.3) is 0 Å². The van der Waals surface area contributed by atoms with Crippen molar-refractivity contribution < 1.29 is 4.79 Å². The molecule has 0 unspecified atom stereocenters. The quantitative estimate of drug-likeness (QED) is 0.757. The van der Waals surface area contributed by atoms with E-state index in [0.717, 1.165) is 23.4 Å². The van der Waals surface area contributed by atoms with Crippen LogP contribution in [0.15, 0.2) is 24.3 Å². The van der Waals surface area contributed by atoms with Gasteiger partial charge in [-0.1, -0.05) is 23.7 Å². The second-order valence-electron chi connectivity index (χ2n) is 3.56. The molecule has 2 rings (SSSR count). The van der Waals surface area contributed by atoms with Gasteiger partial charge in [-0.25, -0.2) is 0 Å². The summed E-state index contributed by atoms with van der Waals surface area (Å²) in [6, 6.07) is 7.83. The zero-order valence-corrected chi connectivity index (χ0v) is 8.55. The molecular weight excluding hydrogens is 198 g/mol. The molecule has 1 atom stereocenters. The zero-order valence-electron chi connectivity index (χ0n) is 7.79. The van der Waals surface area contributed by atoms with Crippen LogP contribution in [0, 0.1) is 0 Å². The SMILES string of the molecule is O=C1CCC[C@@H](c2ccc(Cl)cc2)N1. The van der Waals surface area contributed by atoms with Crippen molar-refractivity contribution in [3.8, 4) is 0 Å². The second kappa shape index (κ2) is 4.01. The smallest absolute Gasteiger partial charge is 0.220 e. The van der Waals surface area contributed by atoms with E-state index in [1.165, 1.54) is 0 Å². The lowest BCUT2D eigenvalue weighted by Crippen LogP contribution is -2.32. The van der Waals surface area contributed by atoms with Gasteiger partial charge < -0.3 is 5.32 Å². The Hall–Kier alpha value is -1.02. The van der Waals surface area contributed by atoms with Crippen LogP contribution in [0.4, 0.5) is 0 Å². The Morgan fingerprint density at radius 3 is 2.64 bits per heavy atom. The molecule has 74 valence electrons. The summed E-state index contributed by atoms with van der Waals surface area (Å²) in [6.07, 6.45) is 2.65. The van der Waals surface area contributed by atoms with Crippen molar-refractivity contribution in [3.05, 3.63) is 34.9 Å². The van der Waals surface area contributed by atoms with Crippen molar-refractivity contribution in [2.75, 3.05) is 0 Å². The molecule has 0 radical (unpaired) electrons. The van der Waals surface area contributed by atoms with E-state index in [0.29, 0.717) is 6.42 Å². The number of hydrogen-bond acceptors (Lipinski definition) is 1. The van der Waals surface area contributed by atoms with Crippen LogP contribution in [0.1, 0.15) is 30.9 Å². The Morgan fingerprint density at radius 2 is 2.00 bits per heavy atom. The highest BCUT2D eigenvalue weighted by Gasteiger charge is 2.19. The van der Waals surface area contributed by atoms with E-state index in [1.54, 1.807) is 0 Å².